The summed E-state index contributed by atoms with van der Waals surface area (Å²) in [5.74, 6) is 0.562. The zero-order chi connectivity index (χ0) is 13.4. The predicted octanol–water partition coefficient (Wildman–Crippen LogP) is 2.96. The topological polar surface area (TPSA) is 68.2 Å². The molecule has 0 bridgehead atoms. The predicted molar refractivity (Wildman–Crippen MR) is 74.8 cm³/mol. The maximum Gasteiger partial charge on any atom is 0.180 e. The molecule has 19 heavy (non-hydrogen) atoms. The summed E-state index contributed by atoms with van der Waals surface area (Å²) >= 11 is 3.29. The fraction of sp³-hybridized carbons (Fsp3) is 0. The first-order chi connectivity index (χ1) is 9.13. The number of rotatable bonds is 2. The molecule has 5 nitrogen and oxygen atoms in total. The quantitative estimate of drug-likeness (QED) is 0.761. The van der Waals surface area contributed by atoms with Gasteiger partial charge in [0.15, 0.2) is 11.5 Å². The van der Waals surface area contributed by atoms with Gasteiger partial charge in [0.2, 0.25) is 0 Å². The number of halogens is 2. The van der Waals surface area contributed by atoms with Crippen molar-refractivity contribution >= 4 is 38.9 Å². The summed E-state index contributed by atoms with van der Waals surface area (Å²) in [5.41, 5.74) is 7.06. The van der Waals surface area contributed by atoms with Crippen molar-refractivity contribution in [1.82, 2.24) is 14.4 Å². The summed E-state index contributed by atoms with van der Waals surface area (Å²) in [6.45, 7) is 0. The Balaban J connectivity index is 2.07. The fourth-order valence-corrected chi connectivity index (χ4v) is 2.20. The van der Waals surface area contributed by atoms with Gasteiger partial charge < -0.3 is 15.5 Å². The second-order valence-electron chi connectivity index (χ2n) is 3.92. The lowest BCUT2D eigenvalue weighted by atomic mass is 10.3. The first-order valence-electron chi connectivity index (χ1n) is 5.45. The molecule has 0 amide bonds. The minimum Gasteiger partial charge on any atom is -0.382 e. The van der Waals surface area contributed by atoms with Crippen molar-refractivity contribution in [2.45, 2.75) is 0 Å². The van der Waals surface area contributed by atoms with Crippen LogP contribution in [0.5, 0.6) is 0 Å². The zero-order valence-electron chi connectivity index (χ0n) is 9.64. The Hall–Kier alpha value is -2.15. The van der Waals surface area contributed by atoms with Gasteiger partial charge in [-0.1, -0.05) is 0 Å². The van der Waals surface area contributed by atoms with Crippen LogP contribution in [-0.2, 0) is 0 Å². The molecule has 1 aromatic carbocycles. The van der Waals surface area contributed by atoms with Gasteiger partial charge in [0, 0.05) is 16.9 Å². The Bertz CT molecular complexity index is 755. The second-order valence-corrected chi connectivity index (χ2v) is 4.78. The number of hydrogen-bond donors (Lipinski definition) is 2. The molecule has 0 spiro atoms. The normalized spacial score (nSPS) is 10.8. The molecule has 0 saturated heterocycles. The van der Waals surface area contributed by atoms with E-state index in [9.17, 15) is 4.39 Å². The van der Waals surface area contributed by atoms with Crippen molar-refractivity contribution < 1.29 is 4.39 Å². The standard InChI is InChI=1S/C12H9BrFN5/c13-8-5-7(14)1-2-9(8)17-11-12-16-3-4-19(12)6-10(15)18-11/h1-6H,15H2,(H,17,18). The highest BCUT2D eigenvalue weighted by molar-refractivity contribution is 9.10. The third-order valence-corrected chi connectivity index (χ3v) is 3.23. The molecule has 3 rings (SSSR count). The van der Waals surface area contributed by atoms with Gasteiger partial charge in [-0.05, 0) is 34.1 Å². The van der Waals surface area contributed by atoms with E-state index in [1.54, 1.807) is 29.1 Å². The van der Waals surface area contributed by atoms with Crippen LogP contribution in [0.25, 0.3) is 5.65 Å². The van der Waals surface area contributed by atoms with E-state index >= 15 is 0 Å². The van der Waals surface area contributed by atoms with E-state index in [-0.39, 0.29) is 5.82 Å². The molecule has 0 atom stereocenters. The Morgan fingerprint density at radius 2 is 2.21 bits per heavy atom. The first-order valence-corrected chi connectivity index (χ1v) is 6.24. The monoisotopic (exact) mass is 321 g/mol. The maximum atomic E-state index is 13.0. The number of anilines is 3. The molecule has 0 unspecified atom stereocenters. The van der Waals surface area contributed by atoms with E-state index in [4.69, 9.17) is 5.73 Å². The first kappa shape index (κ1) is 11.9. The summed E-state index contributed by atoms with van der Waals surface area (Å²) in [6.07, 6.45) is 5.10. The van der Waals surface area contributed by atoms with E-state index in [1.165, 1.54) is 12.1 Å². The lowest BCUT2D eigenvalue weighted by Crippen LogP contribution is -2.02. The SMILES string of the molecule is Nc1cn2ccnc2c(Nc2ccc(F)cc2Br)n1. The highest BCUT2D eigenvalue weighted by Crippen LogP contribution is 2.27. The van der Waals surface area contributed by atoms with Gasteiger partial charge >= 0.3 is 0 Å². The Kier molecular flexibility index (Phi) is 2.83. The van der Waals surface area contributed by atoms with E-state index in [0.717, 1.165) is 0 Å². The highest BCUT2D eigenvalue weighted by atomic mass is 79.9. The summed E-state index contributed by atoms with van der Waals surface area (Å²) < 4.78 is 15.4. The third-order valence-electron chi connectivity index (χ3n) is 2.58. The number of nitrogen functional groups attached to an aromatic ring is 1. The van der Waals surface area contributed by atoms with Gasteiger partial charge in [-0.3, -0.25) is 0 Å². The Morgan fingerprint density at radius 1 is 1.37 bits per heavy atom. The third kappa shape index (κ3) is 2.24. The molecule has 0 aliphatic heterocycles. The number of aromatic nitrogens is 3. The van der Waals surface area contributed by atoms with Crippen LogP contribution in [0.15, 0.2) is 41.3 Å². The minimum absolute atomic E-state index is 0.316. The van der Waals surface area contributed by atoms with E-state index in [0.29, 0.717) is 27.4 Å². The number of nitrogens with zero attached hydrogens (tertiary/aromatic N) is 3. The molecular weight excluding hydrogens is 313 g/mol. The van der Waals surface area contributed by atoms with Gasteiger partial charge in [0.05, 0.1) is 11.9 Å². The van der Waals surface area contributed by atoms with Gasteiger partial charge in [0.1, 0.15) is 11.6 Å². The van der Waals surface area contributed by atoms with Gasteiger partial charge in [-0.2, -0.15) is 0 Å². The molecule has 0 fully saturated rings. The zero-order valence-corrected chi connectivity index (χ0v) is 11.2. The molecular formula is C12H9BrFN5. The van der Waals surface area contributed by atoms with Crippen LogP contribution in [0.4, 0.5) is 21.7 Å². The smallest absolute Gasteiger partial charge is 0.180 e. The molecule has 0 aliphatic carbocycles. The highest BCUT2D eigenvalue weighted by Gasteiger charge is 2.08. The summed E-state index contributed by atoms with van der Waals surface area (Å²) in [7, 11) is 0. The van der Waals surface area contributed by atoms with E-state index in [1.807, 2.05) is 0 Å². The Morgan fingerprint density at radius 3 is 3.00 bits per heavy atom. The number of imidazole rings is 1. The fourth-order valence-electron chi connectivity index (χ4n) is 1.75. The van der Waals surface area contributed by atoms with E-state index in [2.05, 4.69) is 31.2 Å². The Labute approximate surface area is 116 Å². The summed E-state index contributed by atoms with van der Waals surface area (Å²) in [4.78, 5) is 8.40. The average Bonchev–Trinajstić information content (AvgIpc) is 2.80. The van der Waals surface area contributed by atoms with Crippen LogP contribution in [0.2, 0.25) is 0 Å². The van der Waals surface area contributed by atoms with Crippen molar-refractivity contribution in [2.75, 3.05) is 11.1 Å². The molecule has 2 aromatic heterocycles. The lowest BCUT2D eigenvalue weighted by molar-refractivity contribution is 0.627. The van der Waals surface area contributed by atoms with Crippen LogP contribution in [0, 0.1) is 5.82 Å². The maximum absolute atomic E-state index is 13.0. The van der Waals surface area contributed by atoms with Gasteiger partial charge in [-0.25, -0.2) is 14.4 Å². The van der Waals surface area contributed by atoms with Crippen LogP contribution in [-0.4, -0.2) is 14.4 Å². The van der Waals surface area contributed by atoms with Gasteiger partial charge in [-0.15, -0.1) is 0 Å². The molecule has 0 saturated carbocycles. The lowest BCUT2D eigenvalue weighted by Gasteiger charge is -2.09. The summed E-state index contributed by atoms with van der Waals surface area (Å²) in [5, 5.41) is 3.08. The van der Waals surface area contributed by atoms with Crippen molar-refractivity contribution in [2.24, 2.45) is 0 Å². The van der Waals surface area contributed by atoms with Gasteiger partial charge in [0.25, 0.3) is 0 Å². The number of benzene rings is 1. The van der Waals surface area contributed by atoms with Crippen molar-refractivity contribution in [3.8, 4) is 0 Å². The minimum atomic E-state index is -0.316. The number of hydrogen-bond acceptors (Lipinski definition) is 4. The van der Waals surface area contributed by atoms with Crippen molar-refractivity contribution in [3.63, 3.8) is 0 Å². The van der Waals surface area contributed by atoms with Crippen LogP contribution in [0.3, 0.4) is 0 Å². The second kappa shape index (κ2) is 4.51. The molecule has 2 heterocycles. The molecule has 7 heteroatoms. The average molecular weight is 322 g/mol. The largest absolute Gasteiger partial charge is 0.382 e. The van der Waals surface area contributed by atoms with Crippen LogP contribution in [0.1, 0.15) is 0 Å². The summed E-state index contributed by atoms with van der Waals surface area (Å²) in [6, 6.07) is 4.35. The molecule has 3 aromatic rings. The number of nitrogens with one attached hydrogen (secondary N) is 1. The molecule has 0 aliphatic rings. The molecule has 96 valence electrons. The number of fused-ring (bicyclic) bond motifs is 1. The van der Waals surface area contributed by atoms with Crippen LogP contribution < -0.4 is 11.1 Å². The van der Waals surface area contributed by atoms with Crippen molar-refractivity contribution in [3.05, 3.63) is 47.1 Å². The molecule has 0 radical (unpaired) electrons. The molecule has 3 N–H and O–H groups in total. The van der Waals surface area contributed by atoms with Crippen molar-refractivity contribution in [1.29, 1.82) is 0 Å². The number of nitrogens with two attached hydrogens (primary N) is 1. The van der Waals surface area contributed by atoms with Crippen LogP contribution >= 0.6 is 15.9 Å². The van der Waals surface area contributed by atoms with E-state index < -0.39 is 0 Å².